The van der Waals surface area contributed by atoms with Crippen molar-refractivity contribution in [2.75, 3.05) is 0 Å². The Hall–Kier alpha value is -0.100. The molecule has 0 bridgehead atoms. The molecule has 0 aromatic carbocycles. The van der Waals surface area contributed by atoms with Gasteiger partial charge in [-0.1, -0.05) is 69.6 Å². The van der Waals surface area contributed by atoms with Crippen molar-refractivity contribution in [1.29, 1.82) is 0 Å². The van der Waals surface area contributed by atoms with E-state index < -0.39 is 7.59 Å². The molecule has 22 heavy (non-hydrogen) atoms. The summed E-state index contributed by atoms with van der Waals surface area (Å²) >= 11 is 34.9. The monoisotopic (exact) mass is 421 g/mol. The summed E-state index contributed by atoms with van der Waals surface area (Å²) in [5.74, 6) is 0.984. The minimum Gasteiger partial charge on any atom is -0.469 e. The van der Waals surface area contributed by atoms with Crippen LogP contribution in [0.15, 0.2) is 38.6 Å². The molecule has 4 nitrogen and oxygen atoms in total. The summed E-state index contributed by atoms with van der Waals surface area (Å²) in [5, 5.41) is 2.78. The third kappa shape index (κ3) is 4.95. The summed E-state index contributed by atoms with van der Waals surface area (Å²) < 4.78 is 1.68. The first-order valence-corrected chi connectivity index (χ1v) is 8.15. The van der Waals surface area contributed by atoms with Gasteiger partial charge in [0.25, 0.3) is 0 Å². The molecule has 0 saturated heterocycles. The first-order valence-electron chi connectivity index (χ1n) is 5.88. The zero-order valence-electron chi connectivity index (χ0n) is 11.0. The van der Waals surface area contributed by atoms with Crippen LogP contribution >= 0.6 is 69.6 Å². The molecule has 0 spiro atoms. The van der Waals surface area contributed by atoms with E-state index >= 15 is 0 Å². The van der Waals surface area contributed by atoms with Crippen LogP contribution in [0.4, 0.5) is 0 Å². The smallest absolute Gasteiger partial charge is 0.250 e. The van der Waals surface area contributed by atoms with E-state index in [1.54, 1.807) is 12.3 Å². The second-order valence-electron chi connectivity index (χ2n) is 4.40. The van der Waals surface area contributed by atoms with Gasteiger partial charge in [0.2, 0.25) is 7.59 Å². The second kappa shape index (κ2) is 6.80. The maximum absolute atomic E-state index is 5.82. The van der Waals surface area contributed by atoms with Gasteiger partial charge in [-0.2, -0.15) is 0 Å². The Balaban J connectivity index is 2.28. The number of aliphatic imine (C=N–C) groups is 2. The van der Waals surface area contributed by atoms with Gasteiger partial charge < -0.3 is 9.73 Å². The number of halogens is 6. The van der Waals surface area contributed by atoms with Crippen molar-refractivity contribution in [1.82, 2.24) is 5.32 Å². The molecule has 2 heterocycles. The molecule has 0 aliphatic carbocycles. The molecule has 1 aliphatic rings. The van der Waals surface area contributed by atoms with E-state index in [0.29, 0.717) is 12.2 Å². The standard InChI is InChI=1S/C12H9Cl6N3O/c1-6-4-7(22-5-6)2-3-8-19-9(11(13,14)15)21-10(20-8)12(16,17)18/h3-5H,2H2,1H3,(H,19,20,21). The van der Waals surface area contributed by atoms with E-state index in [2.05, 4.69) is 15.3 Å². The molecule has 0 radical (unpaired) electrons. The van der Waals surface area contributed by atoms with Crippen molar-refractivity contribution in [2.45, 2.75) is 20.9 Å². The number of amidine groups is 2. The minimum atomic E-state index is -1.84. The predicted octanol–water partition coefficient (Wildman–Crippen LogP) is 5.11. The lowest BCUT2D eigenvalue weighted by atomic mass is 10.2. The lowest BCUT2D eigenvalue weighted by molar-refractivity contribution is 0.521. The molecular weight excluding hydrogens is 415 g/mol. The summed E-state index contributed by atoms with van der Waals surface area (Å²) in [6.07, 6.45) is 3.81. The second-order valence-corrected chi connectivity index (χ2v) is 8.96. The van der Waals surface area contributed by atoms with Crippen LogP contribution in [0.3, 0.4) is 0 Å². The van der Waals surface area contributed by atoms with E-state index in [0.717, 1.165) is 11.3 Å². The molecule has 1 aromatic rings. The highest BCUT2D eigenvalue weighted by Crippen LogP contribution is 2.34. The Kier molecular flexibility index (Phi) is 5.63. The average Bonchev–Trinajstić information content (AvgIpc) is 2.80. The molecule has 2 rings (SSSR count). The van der Waals surface area contributed by atoms with Gasteiger partial charge in [0.15, 0.2) is 11.7 Å². The van der Waals surface area contributed by atoms with Gasteiger partial charge in [-0.15, -0.1) is 0 Å². The summed E-state index contributed by atoms with van der Waals surface area (Å²) in [6, 6.07) is 1.89. The normalized spacial score (nSPS) is 18.0. The minimum absolute atomic E-state index is 0.00398. The van der Waals surface area contributed by atoms with E-state index in [9.17, 15) is 0 Å². The number of allylic oxidation sites excluding steroid dienone is 1. The van der Waals surface area contributed by atoms with Crippen molar-refractivity contribution in [3.05, 3.63) is 35.6 Å². The van der Waals surface area contributed by atoms with E-state index in [-0.39, 0.29) is 11.7 Å². The number of furan rings is 1. The first-order chi connectivity index (χ1) is 10.1. The van der Waals surface area contributed by atoms with E-state index in [1.165, 1.54) is 0 Å². The number of rotatable bonds is 2. The fourth-order valence-electron chi connectivity index (χ4n) is 1.57. The molecule has 0 fully saturated rings. The lowest BCUT2D eigenvalue weighted by Crippen LogP contribution is -2.39. The largest absolute Gasteiger partial charge is 0.469 e. The van der Waals surface area contributed by atoms with Crippen molar-refractivity contribution in [2.24, 2.45) is 9.98 Å². The van der Waals surface area contributed by atoms with Gasteiger partial charge in [0, 0.05) is 6.42 Å². The first kappa shape index (κ1) is 18.2. The van der Waals surface area contributed by atoms with Gasteiger partial charge in [-0.05, 0) is 24.6 Å². The Morgan fingerprint density at radius 1 is 1.14 bits per heavy atom. The van der Waals surface area contributed by atoms with Crippen LogP contribution in [0, 0.1) is 6.92 Å². The van der Waals surface area contributed by atoms with Gasteiger partial charge in [0.05, 0.1) is 6.26 Å². The van der Waals surface area contributed by atoms with Crippen LogP contribution in [-0.4, -0.2) is 19.3 Å². The lowest BCUT2D eigenvalue weighted by Gasteiger charge is -2.23. The van der Waals surface area contributed by atoms with Crippen LogP contribution in [0.25, 0.3) is 0 Å². The molecule has 1 aliphatic heterocycles. The Labute approximate surface area is 157 Å². The predicted molar refractivity (Wildman–Crippen MR) is 93.8 cm³/mol. The molecule has 0 amide bonds. The Morgan fingerprint density at radius 3 is 2.32 bits per heavy atom. The summed E-state index contributed by atoms with van der Waals surface area (Å²) in [4.78, 5) is 8.04. The Morgan fingerprint density at radius 2 is 1.82 bits per heavy atom. The molecule has 0 saturated carbocycles. The Bertz CT molecular complexity index is 651. The highest BCUT2D eigenvalue weighted by atomic mass is 35.6. The maximum atomic E-state index is 5.82. The third-order valence-corrected chi connectivity index (χ3v) is 3.54. The average molecular weight is 424 g/mol. The van der Waals surface area contributed by atoms with Crippen LogP contribution in [-0.2, 0) is 6.42 Å². The molecular formula is C12H9Cl6N3O. The van der Waals surface area contributed by atoms with Crippen molar-refractivity contribution < 1.29 is 4.42 Å². The van der Waals surface area contributed by atoms with E-state index in [1.807, 2.05) is 13.0 Å². The molecule has 120 valence electrons. The number of hydrogen-bond donors (Lipinski definition) is 1. The van der Waals surface area contributed by atoms with E-state index in [4.69, 9.17) is 74.0 Å². The number of nitrogens with one attached hydrogen (secondary N) is 1. The van der Waals surface area contributed by atoms with Crippen LogP contribution in [0.5, 0.6) is 0 Å². The number of hydrogen-bond acceptors (Lipinski definition) is 4. The molecule has 0 atom stereocenters. The zero-order valence-corrected chi connectivity index (χ0v) is 15.5. The fourth-order valence-corrected chi connectivity index (χ4v) is 2.10. The van der Waals surface area contributed by atoms with Gasteiger partial charge in [-0.3, -0.25) is 0 Å². The molecule has 10 heteroatoms. The van der Waals surface area contributed by atoms with Crippen molar-refractivity contribution in [3.8, 4) is 0 Å². The number of alkyl halides is 6. The summed E-state index contributed by atoms with van der Waals surface area (Å²) in [7, 11) is 0. The quantitative estimate of drug-likeness (QED) is 0.672. The fraction of sp³-hybridized carbons (Fsp3) is 0.333. The SMILES string of the molecule is Cc1coc(C/C=C2/N=C(C(Cl)(Cl)Cl)N=C(C(Cl)(Cl)Cl)N2)c1. The molecule has 1 N–H and O–H groups in total. The van der Waals surface area contributed by atoms with Crippen LogP contribution in [0.2, 0.25) is 0 Å². The van der Waals surface area contributed by atoms with Crippen molar-refractivity contribution >= 4 is 81.3 Å². The van der Waals surface area contributed by atoms with Crippen molar-refractivity contribution in [3.63, 3.8) is 0 Å². The summed E-state index contributed by atoms with van der Waals surface area (Å²) in [6.45, 7) is 1.92. The maximum Gasteiger partial charge on any atom is 0.250 e. The highest BCUT2D eigenvalue weighted by Gasteiger charge is 2.36. The van der Waals surface area contributed by atoms with Gasteiger partial charge in [0.1, 0.15) is 11.6 Å². The van der Waals surface area contributed by atoms with Gasteiger partial charge in [-0.25, -0.2) is 9.98 Å². The molecule has 1 aromatic heterocycles. The third-order valence-electron chi connectivity index (χ3n) is 2.49. The zero-order chi connectivity index (χ0) is 16.5. The van der Waals surface area contributed by atoms with Crippen LogP contribution < -0.4 is 5.32 Å². The molecule has 0 unspecified atom stereocenters. The topological polar surface area (TPSA) is 49.9 Å². The number of nitrogens with zero attached hydrogens (tertiary/aromatic N) is 2. The van der Waals surface area contributed by atoms with Gasteiger partial charge >= 0.3 is 0 Å². The number of aryl methyl sites for hydroxylation is 1. The highest BCUT2D eigenvalue weighted by molar-refractivity contribution is 6.79. The summed E-state index contributed by atoms with van der Waals surface area (Å²) in [5.41, 5.74) is 1.01. The van der Waals surface area contributed by atoms with Crippen LogP contribution in [0.1, 0.15) is 11.3 Å².